The van der Waals surface area contributed by atoms with Crippen molar-refractivity contribution < 1.29 is 9.72 Å². The van der Waals surface area contributed by atoms with Crippen LogP contribution in [0.2, 0.25) is 0 Å². The molecule has 1 N–H and O–H groups in total. The molecule has 0 bridgehead atoms. The standard InChI is InChI=1S/C18H27N3O3.ClH/c1-14(2)20(13-16-3-6-17(7-4-16)21(23)24)18(22)8-5-15-9-11-19-12-10-15;/h3-4,6-7,14-15,19H,5,8-13H2,1-2H3;1H. The summed E-state index contributed by atoms with van der Waals surface area (Å²) in [6.45, 7) is 6.62. The van der Waals surface area contributed by atoms with E-state index in [0.717, 1.165) is 37.9 Å². The van der Waals surface area contributed by atoms with Gasteiger partial charge in [-0.2, -0.15) is 0 Å². The Morgan fingerprint density at radius 1 is 1.28 bits per heavy atom. The van der Waals surface area contributed by atoms with Gasteiger partial charge in [-0.15, -0.1) is 12.4 Å². The number of non-ortho nitro benzene ring substituents is 1. The topological polar surface area (TPSA) is 75.5 Å². The monoisotopic (exact) mass is 369 g/mol. The molecule has 1 fully saturated rings. The first kappa shape index (κ1) is 21.4. The van der Waals surface area contributed by atoms with Crippen LogP contribution in [0.3, 0.4) is 0 Å². The third-order valence-electron chi connectivity index (χ3n) is 4.67. The van der Waals surface area contributed by atoms with Crippen LogP contribution >= 0.6 is 12.4 Å². The summed E-state index contributed by atoms with van der Waals surface area (Å²) in [4.78, 5) is 24.8. The number of benzene rings is 1. The van der Waals surface area contributed by atoms with Crippen LogP contribution in [0.25, 0.3) is 0 Å². The van der Waals surface area contributed by atoms with Crippen molar-refractivity contribution in [3.63, 3.8) is 0 Å². The summed E-state index contributed by atoms with van der Waals surface area (Å²) >= 11 is 0. The van der Waals surface area contributed by atoms with Crippen molar-refractivity contribution in [1.29, 1.82) is 0 Å². The number of nitrogens with one attached hydrogen (secondary N) is 1. The Morgan fingerprint density at radius 3 is 2.40 bits per heavy atom. The minimum atomic E-state index is -0.409. The van der Waals surface area contributed by atoms with Crippen LogP contribution in [0, 0.1) is 16.0 Å². The highest BCUT2D eigenvalue weighted by Crippen LogP contribution is 2.20. The second kappa shape index (κ2) is 10.4. The Balaban J connectivity index is 0.00000312. The fourth-order valence-corrected chi connectivity index (χ4v) is 3.12. The third-order valence-corrected chi connectivity index (χ3v) is 4.67. The van der Waals surface area contributed by atoms with E-state index in [1.807, 2.05) is 18.7 Å². The highest BCUT2D eigenvalue weighted by atomic mass is 35.5. The summed E-state index contributed by atoms with van der Waals surface area (Å²) in [5.41, 5.74) is 0.997. The number of nitro groups is 1. The van der Waals surface area contributed by atoms with Crippen LogP contribution in [0.15, 0.2) is 24.3 Å². The van der Waals surface area contributed by atoms with E-state index in [1.54, 1.807) is 12.1 Å². The van der Waals surface area contributed by atoms with Crippen molar-refractivity contribution >= 4 is 24.0 Å². The molecule has 0 radical (unpaired) electrons. The summed E-state index contributed by atoms with van der Waals surface area (Å²) in [7, 11) is 0. The molecule has 1 heterocycles. The van der Waals surface area contributed by atoms with E-state index in [0.29, 0.717) is 18.9 Å². The maximum absolute atomic E-state index is 12.6. The fourth-order valence-electron chi connectivity index (χ4n) is 3.12. The number of nitro benzene ring substituents is 1. The van der Waals surface area contributed by atoms with Crippen molar-refractivity contribution in [2.24, 2.45) is 5.92 Å². The van der Waals surface area contributed by atoms with Gasteiger partial charge in [-0.3, -0.25) is 14.9 Å². The molecule has 1 aromatic rings. The summed E-state index contributed by atoms with van der Waals surface area (Å²) in [6.07, 6.45) is 3.83. The van der Waals surface area contributed by atoms with Gasteiger partial charge < -0.3 is 10.2 Å². The normalized spacial score (nSPS) is 14.8. The molecule has 2 rings (SSSR count). The maximum Gasteiger partial charge on any atom is 0.269 e. The molecule has 0 atom stereocenters. The predicted molar refractivity (Wildman–Crippen MR) is 101 cm³/mol. The molecule has 1 amide bonds. The van der Waals surface area contributed by atoms with E-state index < -0.39 is 4.92 Å². The highest BCUT2D eigenvalue weighted by molar-refractivity contribution is 5.85. The quantitative estimate of drug-likeness (QED) is 0.589. The molecule has 0 unspecified atom stereocenters. The summed E-state index contributed by atoms with van der Waals surface area (Å²) in [6, 6.07) is 6.56. The first-order valence-electron chi connectivity index (χ1n) is 8.71. The largest absolute Gasteiger partial charge is 0.336 e. The fraction of sp³-hybridized carbons (Fsp3) is 0.611. The number of hydrogen-bond donors (Lipinski definition) is 1. The van der Waals surface area contributed by atoms with Crippen LogP contribution < -0.4 is 5.32 Å². The Morgan fingerprint density at radius 2 is 1.88 bits per heavy atom. The van der Waals surface area contributed by atoms with Gasteiger partial charge >= 0.3 is 0 Å². The van der Waals surface area contributed by atoms with Gasteiger partial charge in [-0.1, -0.05) is 12.1 Å². The highest BCUT2D eigenvalue weighted by Gasteiger charge is 2.20. The minimum absolute atomic E-state index is 0. The number of halogens is 1. The van der Waals surface area contributed by atoms with Gasteiger partial charge in [0.15, 0.2) is 0 Å². The SMILES string of the molecule is CC(C)N(Cc1ccc([N+](=O)[O-])cc1)C(=O)CCC1CCNCC1.Cl. The average molecular weight is 370 g/mol. The van der Waals surface area contributed by atoms with Crippen LogP contribution in [0.1, 0.15) is 45.1 Å². The summed E-state index contributed by atoms with van der Waals surface area (Å²) in [5.74, 6) is 0.811. The molecule has 0 aromatic heterocycles. The van der Waals surface area contributed by atoms with Gasteiger partial charge in [0.25, 0.3) is 5.69 Å². The maximum atomic E-state index is 12.6. The molecular formula is C18H28ClN3O3. The molecule has 25 heavy (non-hydrogen) atoms. The van der Waals surface area contributed by atoms with Gasteiger partial charge in [0, 0.05) is 31.1 Å². The van der Waals surface area contributed by atoms with Gasteiger partial charge in [0.2, 0.25) is 5.91 Å². The van der Waals surface area contributed by atoms with Crippen LogP contribution in [0.5, 0.6) is 0 Å². The molecule has 6 nitrogen and oxygen atoms in total. The van der Waals surface area contributed by atoms with Crippen molar-refractivity contribution in [2.45, 2.75) is 52.1 Å². The molecule has 0 spiro atoms. The van der Waals surface area contributed by atoms with Gasteiger partial charge in [0.05, 0.1) is 4.92 Å². The van der Waals surface area contributed by atoms with Crippen molar-refractivity contribution in [3.05, 3.63) is 39.9 Å². The molecule has 1 saturated heterocycles. The van der Waals surface area contributed by atoms with E-state index in [9.17, 15) is 14.9 Å². The van der Waals surface area contributed by atoms with E-state index in [4.69, 9.17) is 0 Å². The zero-order valence-corrected chi connectivity index (χ0v) is 15.8. The summed E-state index contributed by atoms with van der Waals surface area (Å²) in [5, 5.41) is 14.1. The van der Waals surface area contributed by atoms with Crippen molar-refractivity contribution in [2.75, 3.05) is 13.1 Å². The Labute approximate surface area is 155 Å². The first-order valence-corrected chi connectivity index (χ1v) is 8.71. The lowest BCUT2D eigenvalue weighted by Crippen LogP contribution is -2.37. The smallest absolute Gasteiger partial charge is 0.269 e. The lowest BCUT2D eigenvalue weighted by atomic mass is 9.93. The van der Waals surface area contributed by atoms with E-state index >= 15 is 0 Å². The zero-order chi connectivity index (χ0) is 17.5. The van der Waals surface area contributed by atoms with E-state index in [1.165, 1.54) is 12.1 Å². The molecule has 1 aliphatic rings. The van der Waals surface area contributed by atoms with Crippen molar-refractivity contribution in [1.82, 2.24) is 10.2 Å². The second-order valence-electron chi connectivity index (χ2n) is 6.77. The number of amides is 1. The lowest BCUT2D eigenvalue weighted by molar-refractivity contribution is -0.384. The predicted octanol–water partition coefficient (Wildman–Crippen LogP) is 3.53. The number of rotatable bonds is 7. The van der Waals surface area contributed by atoms with Crippen LogP contribution in [0.4, 0.5) is 5.69 Å². The molecule has 7 heteroatoms. The molecule has 0 saturated carbocycles. The second-order valence-corrected chi connectivity index (χ2v) is 6.77. The van der Waals surface area contributed by atoms with E-state index in [2.05, 4.69) is 5.32 Å². The average Bonchev–Trinajstić information content (AvgIpc) is 2.58. The number of nitrogens with zero attached hydrogens (tertiary/aromatic N) is 2. The number of piperidine rings is 1. The van der Waals surface area contributed by atoms with Gasteiger partial charge in [-0.05, 0) is 57.7 Å². The van der Waals surface area contributed by atoms with Gasteiger partial charge in [0.1, 0.15) is 0 Å². The number of carbonyl (C=O) groups excluding carboxylic acids is 1. The molecule has 140 valence electrons. The van der Waals surface area contributed by atoms with Crippen molar-refractivity contribution in [3.8, 4) is 0 Å². The Kier molecular flexibility index (Phi) is 8.86. The minimum Gasteiger partial charge on any atom is -0.336 e. The van der Waals surface area contributed by atoms with E-state index in [-0.39, 0.29) is 30.0 Å². The van der Waals surface area contributed by atoms with Crippen LogP contribution in [-0.4, -0.2) is 34.9 Å². The summed E-state index contributed by atoms with van der Waals surface area (Å²) < 4.78 is 0. The molecule has 1 aromatic carbocycles. The Hall–Kier alpha value is -1.66. The molecule has 1 aliphatic heterocycles. The Bertz CT molecular complexity index is 557. The van der Waals surface area contributed by atoms with Crippen LogP contribution in [-0.2, 0) is 11.3 Å². The number of carbonyl (C=O) groups is 1. The third kappa shape index (κ3) is 6.63. The zero-order valence-electron chi connectivity index (χ0n) is 14.9. The molecule has 0 aliphatic carbocycles. The molecular weight excluding hydrogens is 342 g/mol. The first-order chi connectivity index (χ1) is 11.5. The lowest BCUT2D eigenvalue weighted by Gasteiger charge is -2.28. The number of hydrogen-bond acceptors (Lipinski definition) is 4. The van der Waals surface area contributed by atoms with Gasteiger partial charge in [-0.25, -0.2) is 0 Å².